The first-order chi connectivity index (χ1) is 11.7. The molecule has 0 spiro atoms. The van der Waals surface area contributed by atoms with Crippen molar-refractivity contribution in [3.8, 4) is 0 Å². The van der Waals surface area contributed by atoms with E-state index in [1.807, 2.05) is 30.3 Å². The molecule has 24 heavy (non-hydrogen) atoms. The van der Waals surface area contributed by atoms with Gasteiger partial charge < -0.3 is 10.4 Å². The minimum absolute atomic E-state index is 0.0823. The topological polar surface area (TPSA) is 58.0 Å². The fraction of sp³-hybridized carbons (Fsp3) is 0.368. The van der Waals surface area contributed by atoms with Gasteiger partial charge in [0.05, 0.1) is 11.5 Å². The van der Waals surface area contributed by atoms with Crippen LogP contribution in [0.2, 0.25) is 0 Å². The molecular formula is C19H21N3OS. The maximum Gasteiger partial charge on any atom is 0.138 e. The van der Waals surface area contributed by atoms with Crippen molar-refractivity contribution in [2.75, 3.05) is 11.9 Å². The van der Waals surface area contributed by atoms with E-state index in [1.165, 1.54) is 0 Å². The molecular weight excluding hydrogens is 318 g/mol. The van der Waals surface area contributed by atoms with Crippen LogP contribution in [0.5, 0.6) is 0 Å². The summed E-state index contributed by atoms with van der Waals surface area (Å²) in [6.45, 7) is 2.80. The normalized spacial score (nSPS) is 16.9. The molecule has 0 amide bonds. The molecule has 1 saturated carbocycles. The average Bonchev–Trinajstić information content (AvgIpc) is 3.28. The number of rotatable bonds is 6. The lowest BCUT2D eigenvalue weighted by molar-refractivity contribution is 0.0999. The van der Waals surface area contributed by atoms with Crippen LogP contribution in [0.15, 0.2) is 41.8 Å². The predicted molar refractivity (Wildman–Crippen MR) is 98.4 cm³/mol. The van der Waals surface area contributed by atoms with Crippen molar-refractivity contribution < 1.29 is 5.11 Å². The molecule has 3 aromatic rings. The van der Waals surface area contributed by atoms with Crippen molar-refractivity contribution >= 4 is 27.4 Å². The molecule has 2 heterocycles. The molecule has 1 unspecified atom stereocenters. The first-order valence-corrected chi connectivity index (χ1v) is 9.31. The van der Waals surface area contributed by atoms with Gasteiger partial charge in [-0.05, 0) is 29.9 Å². The molecule has 5 heteroatoms. The molecule has 4 nitrogen and oxygen atoms in total. The first-order valence-electron chi connectivity index (χ1n) is 8.43. The van der Waals surface area contributed by atoms with E-state index in [0.29, 0.717) is 0 Å². The van der Waals surface area contributed by atoms with Crippen molar-refractivity contribution in [1.82, 2.24) is 9.97 Å². The van der Waals surface area contributed by atoms with Gasteiger partial charge in [-0.3, -0.25) is 0 Å². The Morgan fingerprint density at radius 2 is 2.00 bits per heavy atom. The highest BCUT2D eigenvalue weighted by atomic mass is 32.1. The third kappa shape index (κ3) is 2.78. The number of aliphatic hydroxyl groups excluding tert-OH is 1. The number of hydrogen-bond acceptors (Lipinski definition) is 5. The standard InChI is InChI=1S/C19H21N3OS/c1-2-15-21-17(14-8-11-24-18(14)22-15)20-12-19(9-10-19)16(23)13-6-4-3-5-7-13/h3-8,11,16,23H,2,9-10,12H2,1H3,(H,20,21,22). The number of aromatic nitrogens is 2. The summed E-state index contributed by atoms with van der Waals surface area (Å²) in [5.74, 6) is 1.76. The number of aliphatic hydroxyl groups is 1. The second-order valence-corrected chi connectivity index (χ2v) is 7.41. The Kier molecular flexibility index (Phi) is 3.98. The van der Waals surface area contributed by atoms with Crippen LogP contribution >= 0.6 is 11.3 Å². The smallest absolute Gasteiger partial charge is 0.138 e. The van der Waals surface area contributed by atoms with E-state index in [2.05, 4.69) is 33.7 Å². The summed E-state index contributed by atoms with van der Waals surface area (Å²) in [5.41, 5.74) is 0.913. The third-order valence-electron chi connectivity index (χ3n) is 4.88. The quantitative estimate of drug-likeness (QED) is 0.707. The van der Waals surface area contributed by atoms with Gasteiger partial charge in [-0.15, -0.1) is 11.3 Å². The van der Waals surface area contributed by atoms with Gasteiger partial charge in [0.2, 0.25) is 0 Å². The van der Waals surface area contributed by atoms with E-state index in [9.17, 15) is 5.11 Å². The molecule has 0 aliphatic heterocycles. The number of anilines is 1. The van der Waals surface area contributed by atoms with Gasteiger partial charge >= 0.3 is 0 Å². The molecule has 2 N–H and O–H groups in total. The van der Waals surface area contributed by atoms with Crippen LogP contribution in [-0.4, -0.2) is 21.6 Å². The Morgan fingerprint density at radius 1 is 1.21 bits per heavy atom. The molecule has 2 aromatic heterocycles. The Morgan fingerprint density at radius 3 is 2.71 bits per heavy atom. The number of aryl methyl sites for hydroxylation is 1. The highest BCUT2D eigenvalue weighted by molar-refractivity contribution is 7.16. The maximum absolute atomic E-state index is 10.8. The molecule has 1 atom stereocenters. The molecule has 4 rings (SSSR count). The molecule has 0 saturated heterocycles. The number of benzene rings is 1. The van der Waals surface area contributed by atoms with Crippen molar-refractivity contribution in [3.05, 3.63) is 53.2 Å². The number of fused-ring (bicyclic) bond motifs is 1. The summed E-state index contributed by atoms with van der Waals surface area (Å²) in [4.78, 5) is 10.3. The second-order valence-electron chi connectivity index (χ2n) is 6.51. The monoisotopic (exact) mass is 339 g/mol. The first kappa shape index (κ1) is 15.5. The maximum atomic E-state index is 10.8. The van der Waals surface area contributed by atoms with Gasteiger partial charge in [0.15, 0.2) is 0 Å². The summed E-state index contributed by atoms with van der Waals surface area (Å²) in [6.07, 6.45) is 2.46. The zero-order valence-corrected chi connectivity index (χ0v) is 14.5. The Balaban J connectivity index is 1.56. The Labute approximate surface area is 145 Å². The number of nitrogens with one attached hydrogen (secondary N) is 1. The van der Waals surface area contributed by atoms with Crippen LogP contribution in [0.4, 0.5) is 5.82 Å². The number of thiophene rings is 1. The summed E-state index contributed by atoms with van der Waals surface area (Å²) in [7, 11) is 0. The lowest BCUT2D eigenvalue weighted by Gasteiger charge is -2.23. The molecule has 1 aromatic carbocycles. The summed E-state index contributed by atoms with van der Waals surface area (Å²) in [5, 5.41) is 17.4. The van der Waals surface area contributed by atoms with E-state index in [-0.39, 0.29) is 5.41 Å². The van der Waals surface area contributed by atoms with Crippen LogP contribution in [0.1, 0.15) is 37.3 Å². The van der Waals surface area contributed by atoms with Crippen molar-refractivity contribution in [2.24, 2.45) is 5.41 Å². The van der Waals surface area contributed by atoms with E-state index in [1.54, 1.807) is 11.3 Å². The van der Waals surface area contributed by atoms with Crippen LogP contribution in [0.25, 0.3) is 10.2 Å². The highest BCUT2D eigenvalue weighted by Crippen LogP contribution is 2.54. The van der Waals surface area contributed by atoms with Crippen LogP contribution in [0, 0.1) is 5.41 Å². The lowest BCUT2D eigenvalue weighted by Crippen LogP contribution is -2.23. The number of hydrogen-bond donors (Lipinski definition) is 2. The molecule has 1 fully saturated rings. The summed E-state index contributed by atoms with van der Waals surface area (Å²) >= 11 is 1.64. The minimum Gasteiger partial charge on any atom is -0.388 e. The third-order valence-corrected chi connectivity index (χ3v) is 5.69. The lowest BCUT2D eigenvalue weighted by atomic mass is 9.92. The van der Waals surface area contributed by atoms with Gasteiger partial charge in [-0.25, -0.2) is 9.97 Å². The van der Waals surface area contributed by atoms with Crippen LogP contribution < -0.4 is 5.32 Å². The molecule has 0 radical (unpaired) electrons. The predicted octanol–water partition coefficient (Wildman–Crippen LogP) is 4.18. The average molecular weight is 339 g/mol. The van der Waals surface area contributed by atoms with E-state index >= 15 is 0 Å². The van der Waals surface area contributed by atoms with Gasteiger partial charge in [-0.1, -0.05) is 37.3 Å². The molecule has 0 bridgehead atoms. The highest BCUT2D eigenvalue weighted by Gasteiger charge is 2.49. The Bertz CT molecular complexity index is 842. The van der Waals surface area contributed by atoms with Crippen molar-refractivity contribution in [2.45, 2.75) is 32.3 Å². The van der Waals surface area contributed by atoms with E-state index < -0.39 is 6.10 Å². The SMILES string of the molecule is CCc1nc(NCC2(C(O)c3ccccc3)CC2)c2ccsc2n1. The van der Waals surface area contributed by atoms with Crippen LogP contribution in [0.3, 0.4) is 0 Å². The molecule has 124 valence electrons. The summed E-state index contributed by atoms with van der Waals surface area (Å²) in [6, 6.07) is 12.0. The molecule has 1 aliphatic rings. The number of nitrogens with zero attached hydrogens (tertiary/aromatic N) is 2. The fourth-order valence-corrected chi connectivity index (χ4v) is 3.93. The van der Waals surface area contributed by atoms with Crippen molar-refractivity contribution in [1.29, 1.82) is 0 Å². The largest absolute Gasteiger partial charge is 0.388 e. The molecule has 1 aliphatic carbocycles. The zero-order chi connectivity index (χ0) is 16.6. The van der Waals surface area contributed by atoms with Gasteiger partial charge in [0, 0.05) is 18.4 Å². The van der Waals surface area contributed by atoms with Crippen molar-refractivity contribution in [3.63, 3.8) is 0 Å². The van der Waals surface area contributed by atoms with E-state index in [0.717, 1.165) is 53.2 Å². The summed E-state index contributed by atoms with van der Waals surface area (Å²) < 4.78 is 0. The zero-order valence-electron chi connectivity index (χ0n) is 13.7. The van der Waals surface area contributed by atoms with Crippen LogP contribution in [-0.2, 0) is 6.42 Å². The van der Waals surface area contributed by atoms with E-state index in [4.69, 9.17) is 0 Å². The van der Waals surface area contributed by atoms with Gasteiger partial charge in [0.1, 0.15) is 16.5 Å². The Hall–Kier alpha value is -1.98. The fourth-order valence-electron chi connectivity index (χ4n) is 3.15. The van der Waals surface area contributed by atoms with Gasteiger partial charge in [-0.2, -0.15) is 0 Å². The van der Waals surface area contributed by atoms with Gasteiger partial charge in [0.25, 0.3) is 0 Å². The second kappa shape index (κ2) is 6.15. The minimum atomic E-state index is -0.434.